The van der Waals surface area contributed by atoms with E-state index in [0.29, 0.717) is 34.3 Å². The van der Waals surface area contributed by atoms with E-state index in [4.69, 9.17) is 21.1 Å². The molecule has 2 N–H and O–H groups in total. The summed E-state index contributed by atoms with van der Waals surface area (Å²) in [5, 5.41) is 13.1. The van der Waals surface area contributed by atoms with Gasteiger partial charge in [-0.15, -0.1) is 0 Å². The maximum Gasteiger partial charge on any atom is 0.370 e. The Morgan fingerprint density at radius 1 is 0.970 bits per heavy atom. The highest BCUT2D eigenvalue weighted by Gasteiger charge is 2.41. The van der Waals surface area contributed by atoms with Gasteiger partial charge in [-0.1, -0.05) is 48.9 Å². The fourth-order valence-corrected chi connectivity index (χ4v) is 3.44. The molecule has 3 rings (SSSR count). The van der Waals surface area contributed by atoms with Crippen LogP contribution in [0.25, 0.3) is 0 Å². The smallest absolute Gasteiger partial charge is 0.370 e. The van der Waals surface area contributed by atoms with E-state index < -0.39 is 17.6 Å². The number of hydrogen-bond acceptors (Lipinski definition) is 4. The summed E-state index contributed by atoms with van der Waals surface area (Å²) < 4.78 is 11.7. The van der Waals surface area contributed by atoms with Crippen molar-refractivity contribution in [2.75, 3.05) is 0 Å². The first kappa shape index (κ1) is 24.1. The molecule has 3 aromatic carbocycles. The zero-order valence-electron chi connectivity index (χ0n) is 18.7. The van der Waals surface area contributed by atoms with Crippen molar-refractivity contribution >= 4 is 23.5 Å². The van der Waals surface area contributed by atoms with Crippen LogP contribution in [0.5, 0.6) is 11.5 Å². The quantitative estimate of drug-likeness (QED) is 0.404. The molecule has 7 heteroatoms. The van der Waals surface area contributed by atoms with Crippen molar-refractivity contribution < 1.29 is 24.2 Å². The lowest BCUT2D eigenvalue weighted by Gasteiger charge is -2.30. The van der Waals surface area contributed by atoms with Crippen molar-refractivity contribution in [2.45, 2.75) is 39.5 Å². The van der Waals surface area contributed by atoms with Crippen molar-refractivity contribution in [3.8, 4) is 11.5 Å². The van der Waals surface area contributed by atoms with Gasteiger partial charge in [-0.2, -0.15) is 0 Å². The van der Waals surface area contributed by atoms with Crippen molar-refractivity contribution in [2.24, 2.45) is 0 Å². The number of nitrogens with one attached hydrogen (secondary N) is 1. The number of para-hydroxylation sites is 1. The second-order valence-corrected chi connectivity index (χ2v) is 8.07. The molecule has 0 aliphatic carbocycles. The number of carboxylic acid groups (broad SMARTS) is 1. The largest absolute Gasteiger partial charge is 0.489 e. The molecule has 0 bridgehead atoms. The van der Waals surface area contributed by atoms with Gasteiger partial charge in [0, 0.05) is 17.0 Å². The predicted molar refractivity (Wildman–Crippen MR) is 127 cm³/mol. The van der Waals surface area contributed by atoms with Gasteiger partial charge in [0.1, 0.15) is 18.1 Å². The van der Waals surface area contributed by atoms with E-state index in [2.05, 4.69) is 5.32 Å². The van der Waals surface area contributed by atoms with Gasteiger partial charge in [0.15, 0.2) is 0 Å². The normalized spacial score (nSPS) is 12.5. The Morgan fingerprint density at radius 3 is 2.24 bits per heavy atom. The van der Waals surface area contributed by atoms with Crippen LogP contribution in [0, 0.1) is 13.8 Å². The van der Waals surface area contributed by atoms with Crippen LogP contribution >= 0.6 is 11.6 Å². The minimum absolute atomic E-state index is 0.0310. The number of halogens is 1. The summed E-state index contributed by atoms with van der Waals surface area (Å²) in [5.74, 6) is -0.833. The summed E-state index contributed by atoms with van der Waals surface area (Å²) in [4.78, 5) is 25.2. The first-order valence-electron chi connectivity index (χ1n) is 10.5. The number of carbonyl (C=O) groups excluding carboxylic acids is 1. The van der Waals surface area contributed by atoms with E-state index in [1.807, 2.05) is 19.1 Å². The zero-order valence-corrected chi connectivity index (χ0v) is 19.5. The molecule has 0 saturated heterocycles. The van der Waals surface area contributed by atoms with Crippen molar-refractivity contribution in [3.63, 3.8) is 0 Å². The molecular formula is C26H26ClNO5. The highest BCUT2D eigenvalue weighted by atomic mass is 35.5. The molecule has 1 unspecified atom stereocenters. The Kier molecular flexibility index (Phi) is 7.61. The van der Waals surface area contributed by atoms with Crippen molar-refractivity contribution in [1.82, 2.24) is 5.32 Å². The molecule has 0 radical (unpaired) electrons. The van der Waals surface area contributed by atoms with Gasteiger partial charge >= 0.3 is 5.97 Å². The van der Waals surface area contributed by atoms with Crippen LogP contribution in [0.2, 0.25) is 5.02 Å². The Morgan fingerprint density at radius 2 is 1.64 bits per heavy atom. The molecule has 3 aromatic rings. The van der Waals surface area contributed by atoms with Crippen LogP contribution in [-0.4, -0.2) is 22.7 Å². The van der Waals surface area contributed by atoms with E-state index in [9.17, 15) is 14.7 Å². The summed E-state index contributed by atoms with van der Waals surface area (Å²) >= 11 is 5.92. The van der Waals surface area contributed by atoms with E-state index in [-0.39, 0.29) is 6.42 Å². The molecule has 0 fully saturated rings. The van der Waals surface area contributed by atoms with Gasteiger partial charge in [-0.05, 0) is 66.9 Å². The number of hydrogen-bond donors (Lipinski definition) is 2. The lowest BCUT2D eigenvalue weighted by molar-refractivity contribution is -0.158. The van der Waals surface area contributed by atoms with E-state index in [1.165, 1.54) is 0 Å². The van der Waals surface area contributed by atoms with Crippen LogP contribution in [0.3, 0.4) is 0 Å². The molecule has 0 spiro atoms. The second kappa shape index (κ2) is 10.4. The molecule has 0 aromatic heterocycles. The fraction of sp³-hybridized carbons (Fsp3) is 0.231. The number of carboxylic acids is 1. The van der Waals surface area contributed by atoms with Gasteiger partial charge in [0.25, 0.3) is 11.6 Å². The third-order valence-electron chi connectivity index (χ3n) is 5.48. The first-order valence-corrected chi connectivity index (χ1v) is 10.9. The third kappa shape index (κ3) is 5.65. The highest BCUT2D eigenvalue weighted by Crippen LogP contribution is 2.27. The van der Waals surface area contributed by atoms with Gasteiger partial charge in [-0.3, -0.25) is 4.79 Å². The average Bonchev–Trinajstić information content (AvgIpc) is 2.81. The number of ether oxygens (including phenoxy) is 2. The summed E-state index contributed by atoms with van der Waals surface area (Å²) in [7, 11) is 0. The monoisotopic (exact) mass is 467 g/mol. The van der Waals surface area contributed by atoms with Crippen molar-refractivity contribution in [3.05, 3.63) is 94.0 Å². The highest BCUT2D eigenvalue weighted by molar-refractivity contribution is 6.30. The van der Waals surface area contributed by atoms with Crippen LogP contribution in [0.15, 0.2) is 66.7 Å². The second-order valence-electron chi connectivity index (χ2n) is 7.63. The standard InChI is InChI=1S/C26H26ClNO5/c1-4-26(25(30)31,33-21-8-6-5-7-9-21)28-24(29)22-14-15-23(18(3)17(22)2)32-16-19-10-12-20(27)13-11-19/h5-15H,4,16H2,1-3H3,(H,28,29)(H,30,31). The third-order valence-corrected chi connectivity index (χ3v) is 5.74. The molecule has 33 heavy (non-hydrogen) atoms. The maximum atomic E-state index is 13.1. The molecule has 0 heterocycles. The van der Waals surface area contributed by atoms with E-state index in [0.717, 1.165) is 11.1 Å². The van der Waals surface area contributed by atoms with Crippen LogP contribution < -0.4 is 14.8 Å². The molecule has 0 aliphatic heterocycles. The minimum atomic E-state index is -1.90. The minimum Gasteiger partial charge on any atom is -0.489 e. The molecule has 0 saturated carbocycles. The van der Waals surface area contributed by atoms with Crippen LogP contribution in [-0.2, 0) is 11.4 Å². The summed E-state index contributed by atoms with van der Waals surface area (Å²) in [6, 6.07) is 19.2. The van der Waals surface area contributed by atoms with Gasteiger partial charge < -0.3 is 19.9 Å². The van der Waals surface area contributed by atoms with Crippen molar-refractivity contribution in [1.29, 1.82) is 0 Å². The molecule has 6 nitrogen and oxygen atoms in total. The number of benzene rings is 3. The number of aliphatic carboxylic acids is 1. The Hall–Kier alpha value is -3.51. The number of amides is 1. The molecule has 1 amide bonds. The number of rotatable bonds is 9. The predicted octanol–water partition coefficient (Wildman–Crippen LogP) is 5.54. The topological polar surface area (TPSA) is 84.9 Å². The summed E-state index contributed by atoms with van der Waals surface area (Å²) in [5.41, 5.74) is 0.893. The summed E-state index contributed by atoms with van der Waals surface area (Å²) in [6.45, 7) is 5.65. The lowest BCUT2D eigenvalue weighted by atomic mass is 10.0. The fourth-order valence-electron chi connectivity index (χ4n) is 3.31. The molecule has 172 valence electrons. The van der Waals surface area contributed by atoms with Crippen LogP contribution in [0.1, 0.15) is 40.4 Å². The Balaban J connectivity index is 1.79. The SMILES string of the molecule is CCC(NC(=O)c1ccc(OCc2ccc(Cl)cc2)c(C)c1C)(Oc1ccccc1)C(=O)O. The van der Waals surface area contributed by atoms with Gasteiger partial charge in [0.2, 0.25) is 0 Å². The average molecular weight is 468 g/mol. The van der Waals surface area contributed by atoms with Gasteiger partial charge in [-0.25, -0.2) is 4.79 Å². The molecule has 0 aliphatic rings. The molecular weight excluding hydrogens is 442 g/mol. The summed E-state index contributed by atoms with van der Waals surface area (Å²) in [6.07, 6.45) is 0.0310. The molecule has 1 atom stereocenters. The van der Waals surface area contributed by atoms with E-state index >= 15 is 0 Å². The zero-order chi connectivity index (χ0) is 24.0. The van der Waals surface area contributed by atoms with Crippen LogP contribution in [0.4, 0.5) is 0 Å². The maximum absolute atomic E-state index is 13.1. The van der Waals surface area contributed by atoms with E-state index in [1.54, 1.807) is 68.4 Å². The lowest BCUT2D eigenvalue weighted by Crippen LogP contribution is -2.58. The first-order chi connectivity index (χ1) is 15.8. The number of carbonyl (C=O) groups is 2. The Labute approximate surface area is 198 Å². The Bertz CT molecular complexity index is 1130. The van der Waals surface area contributed by atoms with Gasteiger partial charge in [0.05, 0.1) is 0 Å².